The van der Waals surface area contributed by atoms with Gasteiger partial charge < -0.3 is 0 Å². The first-order valence-corrected chi connectivity index (χ1v) is 7.56. The molecule has 0 N–H and O–H groups in total. The van der Waals surface area contributed by atoms with Crippen LogP contribution in [0.3, 0.4) is 0 Å². The predicted molar refractivity (Wildman–Crippen MR) is 88.5 cm³/mol. The van der Waals surface area contributed by atoms with Crippen molar-refractivity contribution in [1.29, 1.82) is 0 Å². The van der Waals surface area contributed by atoms with E-state index in [2.05, 4.69) is 50.2 Å². The van der Waals surface area contributed by atoms with Crippen LogP contribution in [0.4, 0.5) is 0 Å². The second-order valence-corrected chi connectivity index (χ2v) is 6.86. The summed E-state index contributed by atoms with van der Waals surface area (Å²) in [5, 5.41) is 5.35. The summed E-state index contributed by atoms with van der Waals surface area (Å²) in [7, 11) is 0. The molecule has 0 bridgehead atoms. The van der Waals surface area contributed by atoms with Crippen LogP contribution in [-0.2, 0) is 0 Å². The lowest BCUT2D eigenvalue weighted by molar-refractivity contribution is 1.48. The Balaban J connectivity index is 2.31. The summed E-state index contributed by atoms with van der Waals surface area (Å²) >= 11 is 7.29. The maximum atomic E-state index is 5.54. The lowest BCUT2D eigenvalue weighted by Gasteiger charge is -2.09. The van der Waals surface area contributed by atoms with E-state index in [4.69, 9.17) is 12.2 Å². The third-order valence-corrected chi connectivity index (χ3v) is 5.36. The Bertz CT molecular complexity index is 875. The third-order valence-electron chi connectivity index (χ3n) is 3.86. The van der Waals surface area contributed by atoms with Crippen molar-refractivity contribution in [3.63, 3.8) is 0 Å². The van der Waals surface area contributed by atoms with Crippen molar-refractivity contribution < 1.29 is 0 Å². The Morgan fingerprint density at radius 3 is 2.63 bits per heavy atom. The molecule has 92 valence electrons. The van der Waals surface area contributed by atoms with Gasteiger partial charge in [-0.15, -0.1) is 0 Å². The van der Waals surface area contributed by atoms with Crippen LogP contribution < -0.4 is 0 Å². The van der Waals surface area contributed by atoms with Crippen LogP contribution >= 0.6 is 24.0 Å². The Hall–Kier alpha value is -1.38. The second kappa shape index (κ2) is 3.81. The molecule has 2 heteroatoms. The number of rotatable bonds is 0. The van der Waals surface area contributed by atoms with Gasteiger partial charge in [0.15, 0.2) is 0 Å². The first-order chi connectivity index (χ1) is 9.15. The molecular weight excluding hydrogens is 268 g/mol. The summed E-state index contributed by atoms with van der Waals surface area (Å²) in [6.07, 6.45) is 0. The second-order valence-electron chi connectivity index (χ2n) is 5.17. The molecule has 0 radical (unpaired) electrons. The molecule has 0 aliphatic carbocycles. The fraction of sp³-hybridized carbons (Fsp3) is 0.118. The summed E-state index contributed by atoms with van der Waals surface area (Å²) in [6, 6.07) is 13.3. The van der Waals surface area contributed by atoms with Crippen molar-refractivity contribution in [2.45, 2.75) is 18.7 Å². The molecule has 1 aliphatic heterocycles. The zero-order chi connectivity index (χ0) is 13.1. The molecule has 0 amide bonds. The SMILES string of the molecule is Cc1ccc2cc3c(C)ccc4c3c(c2c1)SC4=S. The molecule has 0 atom stereocenters. The molecule has 4 rings (SSSR count). The van der Waals surface area contributed by atoms with Crippen molar-refractivity contribution in [3.8, 4) is 0 Å². The number of thiocarbonyl (C=S) groups is 1. The van der Waals surface area contributed by atoms with Gasteiger partial charge in [-0.2, -0.15) is 0 Å². The van der Waals surface area contributed by atoms with Gasteiger partial charge in [0.25, 0.3) is 0 Å². The van der Waals surface area contributed by atoms with Crippen molar-refractivity contribution in [3.05, 3.63) is 53.1 Å². The topological polar surface area (TPSA) is 0 Å². The van der Waals surface area contributed by atoms with Gasteiger partial charge in [0.1, 0.15) is 0 Å². The summed E-state index contributed by atoms with van der Waals surface area (Å²) in [5.74, 6) is 0. The highest BCUT2D eigenvalue weighted by Gasteiger charge is 2.23. The molecular formula is C17H12S2. The molecule has 3 aromatic carbocycles. The van der Waals surface area contributed by atoms with Gasteiger partial charge in [0.05, 0.1) is 4.20 Å². The first-order valence-electron chi connectivity index (χ1n) is 6.34. The van der Waals surface area contributed by atoms with E-state index in [1.807, 2.05) is 0 Å². The van der Waals surface area contributed by atoms with E-state index in [0.717, 1.165) is 4.20 Å². The smallest absolute Gasteiger partial charge is 0.0763 e. The average Bonchev–Trinajstić information content (AvgIpc) is 2.72. The molecule has 0 nitrogen and oxygen atoms in total. The van der Waals surface area contributed by atoms with E-state index < -0.39 is 0 Å². The standard InChI is InChI=1S/C17H12S2/c1-9-3-5-11-8-13-10(2)4-6-12-15(13)16(14(11)7-9)19-17(12)18/h3-8H,1-2H3. The summed E-state index contributed by atoms with van der Waals surface area (Å²) in [5.41, 5.74) is 3.86. The molecule has 1 heterocycles. The number of thioether (sulfide) groups is 1. The van der Waals surface area contributed by atoms with Crippen LogP contribution in [0, 0.1) is 13.8 Å². The lowest BCUT2D eigenvalue weighted by atomic mass is 9.96. The molecule has 0 saturated carbocycles. The molecule has 1 aliphatic rings. The minimum absolute atomic E-state index is 1.01. The van der Waals surface area contributed by atoms with Crippen LogP contribution in [0.15, 0.2) is 41.3 Å². The molecule has 0 aromatic heterocycles. The third kappa shape index (κ3) is 1.50. The Kier molecular flexibility index (Phi) is 2.30. The van der Waals surface area contributed by atoms with Gasteiger partial charge in [-0.1, -0.05) is 59.9 Å². The maximum Gasteiger partial charge on any atom is 0.0833 e. The Morgan fingerprint density at radius 2 is 1.79 bits per heavy atom. The Labute approximate surface area is 121 Å². The van der Waals surface area contributed by atoms with Gasteiger partial charge in [0.2, 0.25) is 0 Å². The highest BCUT2D eigenvalue weighted by atomic mass is 32.2. The minimum Gasteiger partial charge on any atom is -0.0763 e. The summed E-state index contributed by atoms with van der Waals surface area (Å²) < 4.78 is 1.01. The molecule has 0 spiro atoms. The van der Waals surface area contributed by atoms with Gasteiger partial charge >= 0.3 is 0 Å². The van der Waals surface area contributed by atoms with Crippen LogP contribution in [0.5, 0.6) is 0 Å². The van der Waals surface area contributed by atoms with E-state index in [9.17, 15) is 0 Å². The minimum atomic E-state index is 1.01. The van der Waals surface area contributed by atoms with Crippen molar-refractivity contribution in [1.82, 2.24) is 0 Å². The fourth-order valence-corrected chi connectivity index (χ4v) is 4.36. The van der Waals surface area contributed by atoms with Crippen LogP contribution in [0.25, 0.3) is 21.5 Å². The molecule has 0 fully saturated rings. The summed E-state index contributed by atoms with van der Waals surface area (Å²) in [6.45, 7) is 4.32. The van der Waals surface area contributed by atoms with Crippen LogP contribution in [0.2, 0.25) is 0 Å². The van der Waals surface area contributed by atoms with Gasteiger partial charge in [-0.25, -0.2) is 0 Å². The van der Waals surface area contributed by atoms with E-state index >= 15 is 0 Å². The number of hydrogen-bond donors (Lipinski definition) is 0. The van der Waals surface area contributed by atoms with E-state index in [1.165, 1.54) is 43.1 Å². The zero-order valence-electron chi connectivity index (χ0n) is 10.8. The monoisotopic (exact) mass is 280 g/mol. The van der Waals surface area contributed by atoms with Crippen molar-refractivity contribution >= 4 is 49.7 Å². The zero-order valence-corrected chi connectivity index (χ0v) is 12.4. The molecule has 0 unspecified atom stereocenters. The van der Waals surface area contributed by atoms with E-state index in [0.29, 0.717) is 0 Å². The molecule has 3 aromatic rings. The number of fused-ring (bicyclic) bond motifs is 2. The lowest BCUT2D eigenvalue weighted by Crippen LogP contribution is -1.87. The van der Waals surface area contributed by atoms with Gasteiger partial charge in [-0.3, -0.25) is 0 Å². The van der Waals surface area contributed by atoms with Crippen LogP contribution in [0.1, 0.15) is 16.7 Å². The van der Waals surface area contributed by atoms with E-state index in [1.54, 1.807) is 11.8 Å². The number of benzene rings is 3. The molecule has 19 heavy (non-hydrogen) atoms. The van der Waals surface area contributed by atoms with Gasteiger partial charge in [-0.05, 0) is 41.6 Å². The number of hydrogen-bond acceptors (Lipinski definition) is 2. The fourth-order valence-electron chi connectivity index (χ4n) is 2.86. The first kappa shape index (κ1) is 11.4. The van der Waals surface area contributed by atoms with Gasteiger partial charge in [0, 0.05) is 15.8 Å². The molecule has 0 saturated heterocycles. The van der Waals surface area contributed by atoms with E-state index in [-0.39, 0.29) is 0 Å². The quantitative estimate of drug-likeness (QED) is 0.400. The van der Waals surface area contributed by atoms with Crippen molar-refractivity contribution in [2.75, 3.05) is 0 Å². The van der Waals surface area contributed by atoms with Crippen LogP contribution in [-0.4, -0.2) is 4.20 Å². The predicted octanol–water partition coefficient (Wildman–Crippen LogP) is 5.39. The highest BCUT2D eigenvalue weighted by molar-refractivity contribution is 8.24. The highest BCUT2D eigenvalue weighted by Crippen LogP contribution is 2.46. The number of aryl methyl sites for hydroxylation is 2. The normalized spacial score (nSPS) is 13.7. The Morgan fingerprint density at radius 1 is 0.947 bits per heavy atom. The summed E-state index contributed by atoms with van der Waals surface area (Å²) in [4.78, 5) is 1.35. The average molecular weight is 280 g/mol. The maximum absolute atomic E-state index is 5.54. The largest absolute Gasteiger partial charge is 0.0833 e. The van der Waals surface area contributed by atoms with Crippen molar-refractivity contribution in [2.24, 2.45) is 0 Å².